The molecular weight excluding hydrogens is 495 g/mol. The molecule has 1 heterocycles. The van der Waals surface area contributed by atoms with Crippen LogP contribution in [0.25, 0.3) is 0 Å². The number of ether oxygens (including phenoxy) is 2. The van der Waals surface area contributed by atoms with Gasteiger partial charge in [0.15, 0.2) is 0 Å². The fourth-order valence-corrected chi connectivity index (χ4v) is 4.47. The minimum absolute atomic E-state index is 0.141. The van der Waals surface area contributed by atoms with Gasteiger partial charge in [-0.25, -0.2) is 9.18 Å². The third-order valence-electron chi connectivity index (χ3n) is 6.58. The third-order valence-corrected chi connectivity index (χ3v) is 6.83. The highest BCUT2D eigenvalue weighted by Gasteiger charge is 2.26. The predicted molar refractivity (Wildman–Crippen MR) is 140 cm³/mol. The Hall–Kier alpha value is -3.26. The Balaban J connectivity index is 1.39. The number of carbonyl (C=O) groups excluding carboxylic acids is 2. The number of nitrogens with zero attached hydrogens (tertiary/aromatic N) is 2. The van der Waals surface area contributed by atoms with Gasteiger partial charge in [-0.15, -0.1) is 0 Å². The van der Waals surface area contributed by atoms with Gasteiger partial charge in [-0.1, -0.05) is 41.9 Å². The standard InChI is InChI=1S/C29H30ClFN2O4/c1-20-3-12-25(31)17-26(20)28(34)33-15-13-32(14-16-33)18-27(22-8-10-24(30)11-9-22)37-19-21-4-6-23(7-5-21)29(35)36-2/h3-12,17,27H,13-16,18-19H2,1-2H3. The van der Waals surface area contributed by atoms with Crippen molar-refractivity contribution in [1.82, 2.24) is 9.80 Å². The Bertz CT molecular complexity index is 1230. The van der Waals surface area contributed by atoms with Gasteiger partial charge < -0.3 is 14.4 Å². The van der Waals surface area contributed by atoms with E-state index in [4.69, 9.17) is 21.1 Å². The molecule has 37 heavy (non-hydrogen) atoms. The molecular formula is C29H30ClFN2O4. The molecule has 6 nitrogen and oxygen atoms in total. The Kier molecular flexibility index (Phi) is 8.92. The van der Waals surface area contributed by atoms with Gasteiger partial charge in [-0.2, -0.15) is 0 Å². The second-order valence-corrected chi connectivity index (χ2v) is 9.53. The molecule has 3 aromatic rings. The normalized spacial score (nSPS) is 14.9. The summed E-state index contributed by atoms with van der Waals surface area (Å²) in [6.45, 7) is 5.30. The summed E-state index contributed by atoms with van der Waals surface area (Å²) in [6, 6.07) is 19.1. The second-order valence-electron chi connectivity index (χ2n) is 9.09. The summed E-state index contributed by atoms with van der Waals surface area (Å²) >= 11 is 6.10. The van der Waals surface area contributed by atoms with Gasteiger partial charge in [0.25, 0.3) is 5.91 Å². The van der Waals surface area contributed by atoms with E-state index >= 15 is 0 Å². The zero-order valence-electron chi connectivity index (χ0n) is 21.0. The Morgan fingerprint density at radius 2 is 1.65 bits per heavy atom. The first kappa shape index (κ1) is 26.8. The summed E-state index contributed by atoms with van der Waals surface area (Å²) in [4.78, 5) is 28.7. The van der Waals surface area contributed by atoms with Gasteiger partial charge in [0.2, 0.25) is 0 Å². The fourth-order valence-electron chi connectivity index (χ4n) is 4.35. The van der Waals surface area contributed by atoms with Crippen molar-refractivity contribution in [3.05, 3.63) is 105 Å². The van der Waals surface area contributed by atoms with Crippen LogP contribution in [0.1, 0.15) is 43.5 Å². The maximum atomic E-state index is 13.7. The summed E-state index contributed by atoms with van der Waals surface area (Å²) in [5, 5.41) is 0.653. The first-order valence-corrected chi connectivity index (χ1v) is 12.5. The Morgan fingerprint density at radius 1 is 0.973 bits per heavy atom. The number of benzene rings is 3. The van der Waals surface area contributed by atoms with Crippen molar-refractivity contribution in [1.29, 1.82) is 0 Å². The average Bonchev–Trinajstić information content (AvgIpc) is 2.92. The van der Waals surface area contributed by atoms with Crippen LogP contribution in [0.3, 0.4) is 0 Å². The highest BCUT2D eigenvalue weighted by atomic mass is 35.5. The van der Waals surface area contributed by atoms with E-state index in [0.717, 1.165) is 16.7 Å². The quantitative estimate of drug-likeness (QED) is 0.375. The number of esters is 1. The van der Waals surface area contributed by atoms with Crippen LogP contribution in [0.15, 0.2) is 66.7 Å². The number of halogens is 2. The number of aryl methyl sites for hydroxylation is 1. The monoisotopic (exact) mass is 524 g/mol. The molecule has 3 aromatic carbocycles. The van der Waals surface area contributed by atoms with Crippen LogP contribution in [-0.4, -0.2) is 61.5 Å². The lowest BCUT2D eigenvalue weighted by atomic mass is 10.1. The van der Waals surface area contributed by atoms with E-state index in [9.17, 15) is 14.0 Å². The van der Waals surface area contributed by atoms with Crippen LogP contribution < -0.4 is 0 Å². The van der Waals surface area contributed by atoms with Gasteiger partial charge in [0.1, 0.15) is 5.82 Å². The van der Waals surface area contributed by atoms with Crippen molar-refractivity contribution in [2.24, 2.45) is 0 Å². The molecule has 0 aromatic heterocycles. The average molecular weight is 525 g/mol. The topological polar surface area (TPSA) is 59.1 Å². The first-order chi connectivity index (χ1) is 17.8. The van der Waals surface area contributed by atoms with Crippen LogP contribution >= 0.6 is 11.6 Å². The maximum absolute atomic E-state index is 13.7. The largest absolute Gasteiger partial charge is 0.465 e. The molecule has 0 radical (unpaired) electrons. The van der Waals surface area contributed by atoms with Gasteiger partial charge in [0, 0.05) is 43.3 Å². The van der Waals surface area contributed by atoms with Crippen LogP contribution in [0, 0.1) is 12.7 Å². The SMILES string of the molecule is COC(=O)c1ccc(COC(CN2CCN(C(=O)c3cc(F)ccc3C)CC2)c2ccc(Cl)cc2)cc1. The van der Waals surface area contributed by atoms with Crippen molar-refractivity contribution >= 4 is 23.5 Å². The summed E-state index contributed by atoms with van der Waals surface area (Å²) in [7, 11) is 1.36. The van der Waals surface area contributed by atoms with Gasteiger partial charge in [-0.05, 0) is 60.0 Å². The van der Waals surface area contributed by atoms with E-state index < -0.39 is 5.82 Å². The van der Waals surface area contributed by atoms with Crippen LogP contribution in [0.2, 0.25) is 5.02 Å². The molecule has 0 aliphatic carbocycles. The van der Waals surface area contributed by atoms with Gasteiger partial charge in [-0.3, -0.25) is 9.69 Å². The van der Waals surface area contributed by atoms with Crippen LogP contribution in [-0.2, 0) is 16.1 Å². The van der Waals surface area contributed by atoms with Crippen molar-refractivity contribution < 1.29 is 23.5 Å². The Morgan fingerprint density at radius 3 is 2.30 bits per heavy atom. The fraction of sp³-hybridized carbons (Fsp3) is 0.310. The van der Waals surface area contributed by atoms with Crippen molar-refractivity contribution in [3.8, 4) is 0 Å². The molecule has 0 saturated carbocycles. The predicted octanol–water partition coefficient (Wildman–Crippen LogP) is 5.29. The zero-order chi connectivity index (χ0) is 26.4. The molecule has 1 saturated heterocycles. The van der Waals surface area contributed by atoms with Gasteiger partial charge >= 0.3 is 5.97 Å². The molecule has 1 fully saturated rings. The molecule has 0 spiro atoms. The lowest BCUT2D eigenvalue weighted by molar-refractivity contribution is 0.00339. The molecule has 0 bridgehead atoms. The zero-order valence-corrected chi connectivity index (χ0v) is 21.7. The number of amides is 1. The number of hydrogen-bond acceptors (Lipinski definition) is 5. The minimum Gasteiger partial charge on any atom is -0.465 e. The molecule has 1 aliphatic heterocycles. The van der Waals surface area contributed by atoms with E-state index in [0.29, 0.717) is 55.5 Å². The number of hydrogen-bond donors (Lipinski definition) is 0. The highest BCUT2D eigenvalue weighted by molar-refractivity contribution is 6.30. The number of piperazine rings is 1. The highest BCUT2D eigenvalue weighted by Crippen LogP contribution is 2.24. The van der Waals surface area contributed by atoms with Crippen LogP contribution in [0.5, 0.6) is 0 Å². The van der Waals surface area contributed by atoms with Gasteiger partial charge in [0.05, 0.1) is 25.4 Å². The van der Waals surface area contributed by atoms with Crippen molar-refractivity contribution in [3.63, 3.8) is 0 Å². The van der Waals surface area contributed by atoms with Crippen molar-refractivity contribution in [2.45, 2.75) is 19.6 Å². The molecule has 8 heteroatoms. The van der Waals surface area contributed by atoms with E-state index in [1.807, 2.05) is 43.3 Å². The molecule has 4 rings (SSSR count). The summed E-state index contributed by atoms with van der Waals surface area (Å²) < 4.78 is 24.8. The molecule has 1 unspecified atom stereocenters. The van der Waals surface area contributed by atoms with E-state index in [1.165, 1.54) is 19.2 Å². The van der Waals surface area contributed by atoms with E-state index in [2.05, 4.69) is 4.90 Å². The maximum Gasteiger partial charge on any atom is 0.337 e. The summed E-state index contributed by atoms with van der Waals surface area (Å²) in [5.41, 5.74) is 3.61. The van der Waals surface area contributed by atoms with Crippen molar-refractivity contribution in [2.75, 3.05) is 39.8 Å². The molecule has 1 amide bonds. The number of rotatable bonds is 8. The number of methoxy groups -OCH3 is 1. The minimum atomic E-state index is -0.407. The molecule has 1 atom stereocenters. The van der Waals surface area contributed by atoms with Crippen LogP contribution in [0.4, 0.5) is 4.39 Å². The lowest BCUT2D eigenvalue weighted by Crippen LogP contribution is -2.49. The molecule has 194 valence electrons. The Labute approximate surface area is 221 Å². The van der Waals surface area contributed by atoms with E-state index in [1.54, 1.807) is 23.1 Å². The lowest BCUT2D eigenvalue weighted by Gasteiger charge is -2.36. The molecule has 0 N–H and O–H groups in total. The third kappa shape index (κ3) is 6.95. The molecule has 1 aliphatic rings. The first-order valence-electron chi connectivity index (χ1n) is 12.2. The summed E-state index contributed by atoms with van der Waals surface area (Å²) in [6.07, 6.45) is -0.217. The smallest absolute Gasteiger partial charge is 0.337 e. The number of carbonyl (C=O) groups is 2. The second kappa shape index (κ2) is 12.3. The van der Waals surface area contributed by atoms with E-state index in [-0.39, 0.29) is 18.0 Å². The summed E-state index contributed by atoms with van der Waals surface area (Å²) in [5.74, 6) is -0.926.